The number of carbonyl (C=O) groups excluding carboxylic acids is 1. The van der Waals surface area contributed by atoms with E-state index in [4.69, 9.17) is 14.6 Å². The molecule has 0 heterocycles. The van der Waals surface area contributed by atoms with Crippen molar-refractivity contribution >= 4 is 11.9 Å². The van der Waals surface area contributed by atoms with Gasteiger partial charge >= 0.3 is 5.97 Å². The second-order valence-electron chi connectivity index (χ2n) is 4.89. The van der Waals surface area contributed by atoms with Crippen LogP contribution in [0.5, 0.6) is 11.5 Å². The molecule has 1 atom stereocenters. The van der Waals surface area contributed by atoms with Crippen LogP contribution in [-0.2, 0) is 4.79 Å². The van der Waals surface area contributed by atoms with Gasteiger partial charge in [-0.25, -0.2) is 0 Å². The van der Waals surface area contributed by atoms with Gasteiger partial charge in [-0.15, -0.1) is 0 Å². The van der Waals surface area contributed by atoms with Crippen molar-refractivity contribution in [2.45, 2.75) is 39.7 Å². The Kier molecular flexibility index (Phi) is 7.22. The monoisotopic (exact) mass is 309 g/mol. The van der Waals surface area contributed by atoms with E-state index >= 15 is 0 Å². The van der Waals surface area contributed by atoms with Crippen molar-refractivity contribution in [3.8, 4) is 11.5 Å². The fourth-order valence-electron chi connectivity index (χ4n) is 1.65. The van der Waals surface area contributed by atoms with Crippen LogP contribution in [0.2, 0.25) is 0 Å². The molecule has 0 unspecified atom stereocenters. The van der Waals surface area contributed by atoms with Crippen LogP contribution in [-0.4, -0.2) is 36.2 Å². The van der Waals surface area contributed by atoms with Gasteiger partial charge in [-0.3, -0.25) is 9.59 Å². The molecule has 6 nitrogen and oxygen atoms in total. The van der Waals surface area contributed by atoms with E-state index in [1.165, 1.54) is 6.92 Å². The zero-order valence-electron chi connectivity index (χ0n) is 13.2. The lowest BCUT2D eigenvalue weighted by Gasteiger charge is -2.14. The second-order valence-corrected chi connectivity index (χ2v) is 4.89. The zero-order valence-corrected chi connectivity index (χ0v) is 13.2. The first-order valence-electron chi connectivity index (χ1n) is 7.42. The molecule has 2 N–H and O–H groups in total. The number of ether oxygens (including phenoxy) is 2. The Morgan fingerprint density at radius 3 is 2.27 bits per heavy atom. The summed E-state index contributed by atoms with van der Waals surface area (Å²) in [7, 11) is 0. The van der Waals surface area contributed by atoms with Gasteiger partial charge in [0.25, 0.3) is 5.91 Å². The third kappa shape index (κ3) is 5.27. The molecule has 0 bridgehead atoms. The Balaban J connectivity index is 2.91. The average Bonchev–Trinajstić information content (AvgIpc) is 2.50. The molecular weight excluding hydrogens is 286 g/mol. The summed E-state index contributed by atoms with van der Waals surface area (Å²) >= 11 is 0. The first kappa shape index (κ1) is 17.8. The Labute approximate surface area is 130 Å². The highest BCUT2D eigenvalue weighted by molar-refractivity contribution is 5.97. The number of benzene rings is 1. The zero-order chi connectivity index (χ0) is 16.5. The van der Waals surface area contributed by atoms with Gasteiger partial charge in [0.1, 0.15) is 6.04 Å². The lowest BCUT2D eigenvalue weighted by Crippen LogP contribution is -2.38. The number of carboxylic acids is 1. The number of aliphatic carboxylic acids is 1. The summed E-state index contributed by atoms with van der Waals surface area (Å²) in [4.78, 5) is 22.8. The van der Waals surface area contributed by atoms with Crippen molar-refractivity contribution in [3.63, 3.8) is 0 Å². The van der Waals surface area contributed by atoms with Crippen molar-refractivity contribution in [2.75, 3.05) is 13.2 Å². The Hall–Kier alpha value is -2.24. The van der Waals surface area contributed by atoms with E-state index in [1.54, 1.807) is 18.2 Å². The predicted octanol–water partition coefficient (Wildman–Crippen LogP) is 2.47. The third-order valence-corrected chi connectivity index (χ3v) is 2.85. The molecule has 0 fully saturated rings. The van der Waals surface area contributed by atoms with E-state index in [9.17, 15) is 9.59 Å². The molecule has 0 radical (unpaired) electrons. The molecule has 22 heavy (non-hydrogen) atoms. The van der Waals surface area contributed by atoms with Crippen molar-refractivity contribution in [1.82, 2.24) is 5.32 Å². The van der Waals surface area contributed by atoms with Crippen LogP contribution in [0.15, 0.2) is 18.2 Å². The maximum Gasteiger partial charge on any atom is 0.325 e. The predicted molar refractivity (Wildman–Crippen MR) is 82.6 cm³/mol. The molecule has 1 rings (SSSR count). The van der Waals surface area contributed by atoms with E-state index < -0.39 is 17.9 Å². The van der Waals surface area contributed by atoms with Crippen molar-refractivity contribution in [1.29, 1.82) is 0 Å². The summed E-state index contributed by atoms with van der Waals surface area (Å²) < 4.78 is 11.2. The van der Waals surface area contributed by atoms with Gasteiger partial charge < -0.3 is 19.9 Å². The van der Waals surface area contributed by atoms with Crippen molar-refractivity contribution in [2.24, 2.45) is 0 Å². The third-order valence-electron chi connectivity index (χ3n) is 2.85. The van der Waals surface area contributed by atoms with Gasteiger partial charge in [0.15, 0.2) is 11.5 Å². The number of hydrogen-bond donors (Lipinski definition) is 2. The number of hydrogen-bond acceptors (Lipinski definition) is 4. The highest BCUT2D eigenvalue weighted by atomic mass is 16.5. The highest BCUT2D eigenvalue weighted by Crippen LogP contribution is 2.29. The molecule has 1 aromatic carbocycles. The average molecular weight is 309 g/mol. The summed E-state index contributed by atoms with van der Waals surface area (Å²) in [6, 6.07) is 3.88. The van der Waals surface area contributed by atoms with E-state index in [0.717, 1.165) is 12.8 Å². The molecular formula is C16H23NO5. The maximum absolute atomic E-state index is 12.0. The van der Waals surface area contributed by atoms with Crippen LogP contribution in [0, 0.1) is 0 Å². The molecule has 0 aliphatic heterocycles. The van der Waals surface area contributed by atoms with E-state index in [1.807, 2.05) is 13.8 Å². The fraction of sp³-hybridized carbons (Fsp3) is 0.500. The fourth-order valence-corrected chi connectivity index (χ4v) is 1.65. The van der Waals surface area contributed by atoms with E-state index in [-0.39, 0.29) is 0 Å². The van der Waals surface area contributed by atoms with Crippen LogP contribution in [0.3, 0.4) is 0 Å². The van der Waals surface area contributed by atoms with Crippen LogP contribution < -0.4 is 14.8 Å². The van der Waals surface area contributed by atoms with E-state index in [2.05, 4.69) is 5.32 Å². The molecule has 6 heteroatoms. The highest BCUT2D eigenvalue weighted by Gasteiger charge is 2.17. The Morgan fingerprint density at radius 1 is 1.14 bits per heavy atom. The molecule has 122 valence electrons. The van der Waals surface area contributed by atoms with Gasteiger partial charge in [0, 0.05) is 5.56 Å². The normalized spacial score (nSPS) is 11.6. The summed E-state index contributed by atoms with van der Waals surface area (Å²) in [5, 5.41) is 11.2. The molecule has 0 spiro atoms. The minimum atomic E-state index is -1.08. The SMILES string of the molecule is CCCOc1ccc(C(=O)N[C@H](C)C(=O)O)cc1OCCC. The molecule has 1 aromatic rings. The summed E-state index contributed by atoms with van der Waals surface area (Å²) in [6.07, 6.45) is 1.70. The van der Waals surface area contributed by atoms with Crippen LogP contribution in [0.1, 0.15) is 44.0 Å². The smallest absolute Gasteiger partial charge is 0.325 e. The van der Waals surface area contributed by atoms with E-state index in [0.29, 0.717) is 30.3 Å². The van der Waals surface area contributed by atoms with Gasteiger partial charge in [-0.05, 0) is 38.0 Å². The van der Waals surface area contributed by atoms with Crippen molar-refractivity contribution in [3.05, 3.63) is 23.8 Å². The van der Waals surface area contributed by atoms with Gasteiger partial charge in [-0.1, -0.05) is 13.8 Å². The summed E-state index contributed by atoms with van der Waals surface area (Å²) in [6.45, 7) is 6.47. The molecule has 0 saturated heterocycles. The first-order chi connectivity index (χ1) is 10.5. The number of carbonyl (C=O) groups is 2. The number of carboxylic acid groups (broad SMARTS) is 1. The molecule has 0 aromatic heterocycles. The minimum absolute atomic E-state index is 0.336. The molecule has 1 amide bonds. The second kappa shape index (κ2) is 8.92. The first-order valence-corrected chi connectivity index (χ1v) is 7.42. The van der Waals surface area contributed by atoms with Crippen LogP contribution in [0.4, 0.5) is 0 Å². The quantitative estimate of drug-likeness (QED) is 0.732. The lowest BCUT2D eigenvalue weighted by atomic mass is 10.1. The Bertz CT molecular complexity index is 515. The van der Waals surface area contributed by atoms with Gasteiger partial charge in [-0.2, -0.15) is 0 Å². The minimum Gasteiger partial charge on any atom is -0.490 e. The molecule has 0 aliphatic carbocycles. The lowest BCUT2D eigenvalue weighted by molar-refractivity contribution is -0.138. The molecule has 0 saturated carbocycles. The largest absolute Gasteiger partial charge is 0.490 e. The Morgan fingerprint density at radius 2 is 1.73 bits per heavy atom. The molecule has 0 aliphatic rings. The number of amides is 1. The summed E-state index contributed by atoms with van der Waals surface area (Å²) in [5.74, 6) is -0.471. The van der Waals surface area contributed by atoms with Gasteiger partial charge in [0.2, 0.25) is 0 Å². The topological polar surface area (TPSA) is 84.9 Å². The van der Waals surface area contributed by atoms with Crippen molar-refractivity contribution < 1.29 is 24.2 Å². The standard InChI is InChI=1S/C16H23NO5/c1-4-8-21-13-7-6-12(10-14(13)22-9-5-2)15(18)17-11(3)16(19)20/h6-7,10-11H,4-5,8-9H2,1-3H3,(H,17,18)(H,19,20)/t11-/m1/s1. The number of nitrogens with one attached hydrogen (secondary N) is 1. The maximum atomic E-state index is 12.0. The number of rotatable bonds is 9. The van der Waals surface area contributed by atoms with Crippen LogP contribution >= 0.6 is 0 Å². The van der Waals surface area contributed by atoms with Gasteiger partial charge in [0.05, 0.1) is 13.2 Å². The summed E-state index contributed by atoms with van der Waals surface area (Å²) in [5.41, 5.74) is 0.336. The van der Waals surface area contributed by atoms with Crippen LogP contribution in [0.25, 0.3) is 0 Å².